The van der Waals surface area contributed by atoms with E-state index in [0.29, 0.717) is 60.9 Å². The summed E-state index contributed by atoms with van der Waals surface area (Å²) in [4.78, 5) is 38.2. The van der Waals surface area contributed by atoms with Gasteiger partial charge < -0.3 is 24.5 Å². The van der Waals surface area contributed by atoms with Crippen molar-refractivity contribution in [3.05, 3.63) is 40.1 Å². The Hall–Kier alpha value is -3.41. The smallest absolute Gasteiger partial charge is 0.247 e. The van der Waals surface area contributed by atoms with E-state index in [2.05, 4.69) is 30.5 Å². The van der Waals surface area contributed by atoms with Gasteiger partial charge in [0.25, 0.3) is 0 Å². The fraction of sp³-hybridized carbons (Fsp3) is 0.238. The molecule has 1 aliphatic rings. The van der Waals surface area contributed by atoms with Crippen LogP contribution in [0.2, 0.25) is 10.2 Å². The van der Waals surface area contributed by atoms with Gasteiger partial charge in [0.2, 0.25) is 5.88 Å². The second-order valence-corrected chi connectivity index (χ2v) is 8.29. The molecular weight excluding hydrogens is 488 g/mol. The third-order valence-electron chi connectivity index (χ3n) is 5.42. The van der Waals surface area contributed by atoms with E-state index >= 15 is 0 Å². The zero-order valence-corrected chi connectivity index (χ0v) is 18.9. The SMILES string of the molecule is O=CC(C=O)c1nc(N2CCNCC2)c2cc(Cl)nc(Oc3c(Cl)c(F)cc4[nH]ncc34)c2n1. The summed E-state index contributed by atoms with van der Waals surface area (Å²) in [6.07, 6.45) is 2.35. The van der Waals surface area contributed by atoms with Crippen LogP contribution in [0.3, 0.4) is 0 Å². The van der Waals surface area contributed by atoms with Crippen LogP contribution in [0.1, 0.15) is 11.7 Å². The van der Waals surface area contributed by atoms with Crippen molar-refractivity contribution in [2.75, 3.05) is 31.1 Å². The highest BCUT2D eigenvalue weighted by atomic mass is 35.5. The monoisotopic (exact) mass is 503 g/mol. The first-order chi connectivity index (χ1) is 16.5. The van der Waals surface area contributed by atoms with E-state index in [1.54, 1.807) is 6.07 Å². The molecule has 1 aliphatic heterocycles. The number of ether oxygens (including phenoxy) is 1. The minimum atomic E-state index is -1.19. The Labute approximate surface area is 201 Å². The Morgan fingerprint density at radius 3 is 2.59 bits per heavy atom. The molecule has 0 radical (unpaired) electrons. The topological polar surface area (TPSA) is 126 Å². The molecule has 34 heavy (non-hydrogen) atoms. The average molecular weight is 504 g/mol. The van der Waals surface area contributed by atoms with E-state index < -0.39 is 11.7 Å². The van der Waals surface area contributed by atoms with E-state index in [1.165, 1.54) is 12.3 Å². The van der Waals surface area contributed by atoms with Gasteiger partial charge in [-0.2, -0.15) is 10.1 Å². The summed E-state index contributed by atoms with van der Waals surface area (Å²) in [7, 11) is 0. The Balaban J connectivity index is 1.75. The van der Waals surface area contributed by atoms with Crippen LogP contribution in [0.5, 0.6) is 11.6 Å². The minimum absolute atomic E-state index is 0.0150. The number of aromatic amines is 1. The van der Waals surface area contributed by atoms with Crippen molar-refractivity contribution in [2.45, 2.75) is 5.92 Å². The number of aldehydes is 2. The van der Waals surface area contributed by atoms with Crippen molar-refractivity contribution in [2.24, 2.45) is 0 Å². The fourth-order valence-electron chi connectivity index (χ4n) is 3.76. The summed E-state index contributed by atoms with van der Waals surface area (Å²) in [6.45, 7) is 2.68. The maximum Gasteiger partial charge on any atom is 0.247 e. The second-order valence-electron chi connectivity index (χ2n) is 7.52. The number of rotatable bonds is 6. The van der Waals surface area contributed by atoms with Gasteiger partial charge >= 0.3 is 0 Å². The molecule has 1 aromatic carbocycles. The Morgan fingerprint density at radius 1 is 1.09 bits per heavy atom. The van der Waals surface area contributed by atoms with Gasteiger partial charge in [-0.05, 0) is 6.07 Å². The first-order valence-corrected chi connectivity index (χ1v) is 11.0. The predicted octanol–water partition coefficient (Wildman–Crippen LogP) is 3.03. The van der Waals surface area contributed by atoms with E-state index in [1.807, 2.05) is 4.90 Å². The molecule has 13 heteroatoms. The maximum absolute atomic E-state index is 14.4. The molecule has 0 saturated carbocycles. The average Bonchev–Trinajstić information content (AvgIpc) is 3.31. The Morgan fingerprint density at radius 2 is 1.85 bits per heavy atom. The molecule has 0 amide bonds. The number of fused-ring (bicyclic) bond motifs is 2. The number of hydrogen-bond acceptors (Lipinski definition) is 9. The predicted molar refractivity (Wildman–Crippen MR) is 123 cm³/mol. The molecule has 174 valence electrons. The lowest BCUT2D eigenvalue weighted by Crippen LogP contribution is -2.44. The molecule has 1 fully saturated rings. The van der Waals surface area contributed by atoms with Crippen LogP contribution in [0.15, 0.2) is 18.3 Å². The molecule has 2 N–H and O–H groups in total. The third-order valence-corrected chi connectivity index (χ3v) is 5.96. The lowest BCUT2D eigenvalue weighted by molar-refractivity contribution is -0.116. The van der Waals surface area contributed by atoms with Crippen molar-refractivity contribution in [1.82, 2.24) is 30.5 Å². The number of piperazine rings is 1. The summed E-state index contributed by atoms with van der Waals surface area (Å²) in [5.74, 6) is -1.57. The standard InChI is InChI=1S/C21H16Cl2FN7O3/c22-15-5-11-17(21(27-15)34-18-12-7-26-30-14(12)6-13(24)16(18)23)28-19(10(8-32)9-33)29-20(11)31-3-1-25-2-4-31/h5-10,25H,1-4H2,(H,26,30). The summed E-state index contributed by atoms with van der Waals surface area (Å²) < 4.78 is 20.4. The van der Waals surface area contributed by atoms with Gasteiger partial charge in [-0.25, -0.2) is 14.4 Å². The van der Waals surface area contributed by atoms with E-state index in [9.17, 15) is 14.0 Å². The number of pyridine rings is 1. The van der Waals surface area contributed by atoms with Crippen LogP contribution in [-0.4, -0.2) is 63.9 Å². The number of carbonyl (C=O) groups excluding carboxylic acids is 2. The molecular formula is C21H16Cl2FN7O3. The van der Waals surface area contributed by atoms with Crippen LogP contribution in [0.25, 0.3) is 21.8 Å². The quantitative estimate of drug-likeness (QED) is 0.232. The van der Waals surface area contributed by atoms with Gasteiger partial charge in [0, 0.05) is 32.2 Å². The molecule has 4 heterocycles. The van der Waals surface area contributed by atoms with Crippen LogP contribution in [0, 0.1) is 5.82 Å². The first kappa shape index (κ1) is 22.4. The number of H-pyrrole nitrogens is 1. The van der Waals surface area contributed by atoms with E-state index in [4.69, 9.17) is 27.9 Å². The van der Waals surface area contributed by atoms with Crippen LogP contribution >= 0.6 is 23.2 Å². The highest BCUT2D eigenvalue weighted by Crippen LogP contribution is 2.40. The number of benzene rings is 1. The van der Waals surface area contributed by atoms with Gasteiger partial charge in [-0.15, -0.1) is 0 Å². The summed E-state index contributed by atoms with van der Waals surface area (Å²) >= 11 is 12.5. The highest BCUT2D eigenvalue weighted by molar-refractivity contribution is 6.33. The molecule has 0 aliphatic carbocycles. The number of aromatic nitrogens is 5. The first-order valence-electron chi connectivity index (χ1n) is 10.2. The van der Waals surface area contributed by atoms with Crippen LogP contribution < -0.4 is 15.0 Å². The van der Waals surface area contributed by atoms with Crippen LogP contribution in [0.4, 0.5) is 10.2 Å². The zero-order valence-electron chi connectivity index (χ0n) is 17.4. The highest BCUT2D eigenvalue weighted by Gasteiger charge is 2.25. The summed E-state index contributed by atoms with van der Waals surface area (Å²) in [6, 6.07) is 2.77. The molecule has 0 atom stereocenters. The largest absolute Gasteiger partial charge is 0.434 e. The third kappa shape index (κ3) is 3.91. The van der Waals surface area contributed by atoms with Crippen molar-refractivity contribution in [3.8, 4) is 11.6 Å². The summed E-state index contributed by atoms with van der Waals surface area (Å²) in [5, 5.41) is 10.5. The summed E-state index contributed by atoms with van der Waals surface area (Å²) in [5.41, 5.74) is 0.552. The maximum atomic E-state index is 14.4. The van der Waals surface area contributed by atoms with Gasteiger partial charge in [-0.1, -0.05) is 23.2 Å². The molecule has 1 saturated heterocycles. The lowest BCUT2D eigenvalue weighted by Gasteiger charge is -2.29. The molecule has 0 bridgehead atoms. The number of carbonyl (C=O) groups is 2. The van der Waals surface area contributed by atoms with Gasteiger partial charge in [0.15, 0.2) is 5.75 Å². The Kier molecular flexibility index (Phi) is 5.98. The normalized spacial score (nSPS) is 14.2. The van der Waals surface area contributed by atoms with Gasteiger partial charge in [0.1, 0.15) is 51.6 Å². The Bertz CT molecular complexity index is 1420. The van der Waals surface area contributed by atoms with Gasteiger partial charge in [0.05, 0.1) is 22.5 Å². The molecule has 0 spiro atoms. The molecule has 3 aromatic heterocycles. The molecule has 5 rings (SSSR count). The van der Waals surface area contributed by atoms with Crippen LogP contribution in [-0.2, 0) is 9.59 Å². The van der Waals surface area contributed by atoms with Crippen molar-refractivity contribution in [3.63, 3.8) is 0 Å². The van der Waals surface area contributed by atoms with Gasteiger partial charge in [-0.3, -0.25) is 5.10 Å². The zero-order chi connectivity index (χ0) is 23.8. The van der Waals surface area contributed by atoms with Crippen molar-refractivity contribution < 1.29 is 18.7 Å². The molecule has 0 unspecified atom stereocenters. The number of halogens is 3. The fourth-order valence-corrected chi connectivity index (χ4v) is 4.14. The number of anilines is 1. The lowest BCUT2D eigenvalue weighted by atomic mass is 10.1. The van der Waals surface area contributed by atoms with Crippen molar-refractivity contribution in [1.29, 1.82) is 0 Å². The number of nitrogens with zero attached hydrogens (tertiary/aromatic N) is 5. The van der Waals surface area contributed by atoms with E-state index in [0.717, 1.165) is 0 Å². The van der Waals surface area contributed by atoms with E-state index in [-0.39, 0.29) is 33.1 Å². The number of hydrogen-bond donors (Lipinski definition) is 2. The second kappa shape index (κ2) is 9.09. The number of nitrogens with one attached hydrogen (secondary N) is 2. The molecule has 10 nitrogen and oxygen atoms in total. The minimum Gasteiger partial charge on any atom is -0.434 e. The van der Waals surface area contributed by atoms with Crippen molar-refractivity contribution >= 4 is 63.4 Å². The molecule has 4 aromatic rings.